The number of para-hydroxylation sites is 1. The molecular weight excluding hydrogens is 357 g/mol. The molecule has 5 nitrogen and oxygen atoms in total. The van der Waals surface area contributed by atoms with Gasteiger partial charge in [-0.3, -0.25) is 9.10 Å². The summed E-state index contributed by atoms with van der Waals surface area (Å²) in [5, 5.41) is 2.72. The van der Waals surface area contributed by atoms with Gasteiger partial charge in [0.15, 0.2) is 0 Å². The van der Waals surface area contributed by atoms with Gasteiger partial charge in [-0.1, -0.05) is 31.4 Å². The second-order valence-corrected chi connectivity index (χ2v) is 8.09. The summed E-state index contributed by atoms with van der Waals surface area (Å²) in [6.45, 7) is -0.678. The van der Waals surface area contributed by atoms with Gasteiger partial charge in [-0.05, 0) is 25.0 Å². The van der Waals surface area contributed by atoms with Crippen molar-refractivity contribution in [2.45, 2.75) is 44.3 Å². The van der Waals surface area contributed by atoms with Crippen LogP contribution < -0.4 is 9.62 Å². The lowest BCUT2D eigenvalue weighted by molar-refractivity contribution is -0.137. The van der Waals surface area contributed by atoms with Crippen molar-refractivity contribution in [1.29, 1.82) is 0 Å². The number of nitrogens with zero attached hydrogens (tertiary/aromatic N) is 1. The van der Waals surface area contributed by atoms with E-state index in [0.717, 1.165) is 50.5 Å². The number of amides is 1. The molecule has 0 unspecified atom stereocenters. The Morgan fingerprint density at radius 2 is 1.80 bits per heavy atom. The van der Waals surface area contributed by atoms with Crippen LogP contribution in [0.2, 0.25) is 0 Å². The van der Waals surface area contributed by atoms with E-state index < -0.39 is 39.9 Å². The van der Waals surface area contributed by atoms with Gasteiger partial charge in [0.1, 0.15) is 6.54 Å². The Hall–Kier alpha value is -1.77. The summed E-state index contributed by atoms with van der Waals surface area (Å²) < 4.78 is 64.1. The zero-order valence-corrected chi connectivity index (χ0v) is 14.7. The monoisotopic (exact) mass is 378 g/mol. The van der Waals surface area contributed by atoms with Crippen LogP contribution in [0, 0.1) is 0 Å². The molecule has 0 bridgehead atoms. The number of hydrogen-bond acceptors (Lipinski definition) is 3. The van der Waals surface area contributed by atoms with Crippen LogP contribution in [0.4, 0.5) is 18.9 Å². The van der Waals surface area contributed by atoms with E-state index in [1.807, 2.05) is 0 Å². The van der Waals surface area contributed by atoms with Crippen molar-refractivity contribution < 1.29 is 26.4 Å². The van der Waals surface area contributed by atoms with Crippen molar-refractivity contribution in [1.82, 2.24) is 5.32 Å². The topological polar surface area (TPSA) is 66.5 Å². The van der Waals surface area contributed by atoms with Gasteiger partial charge in [0.25, 0.3) is 0 Å². The van der Waals surface area contributed by atoms with Crippen LogP contribution in [0.15, 0.2) is 24.3 Å². The molecule has 0 spiro atoms. The third kappa shape index (κ3) is 5.35. The van der Waals surface area contributed by atoms with Crippen LogP contribution in [0.25, 0.3) is 0 Å². The molecular formula is C16H21F3N2O3S. The minimum absolute atomic E-state index is 0.0551. The molecule has 2 rings (SSSR count). The number of halogens is 3. The van der Waals surface area contributed by atoms with E-state index in [9.17, 15) is 26.4 Å². The molecule has 1 fully saturated rings. The van der Waals surface area contributed by atoms with E-state index in [-0.39, 0.29) is 6.04 Å². The highest BCUT2D eigenvalue weighted by Gasteiger charge is 2.37. The number of alkyl halides is 3. The maximum absolute atomic E-state index is 13.2. The number of benzene rings is 1. The summed E-state index contributed by atoms with van der Waals surface area (Å²) in [7, 11) is -4.06. The maximum atomic E-state index is 13.2. The second kappa shape index (κ2) is 7.63. The van der Waals surface area contributed by atoms with E-state index in [1.54, 1.807) is 0 Å². The summed E-state index contributed by atoms with van der Waals surface area (Å²) in [6, 6.07) is 4.28. The SMILES string of the molecule is CS(=O)(=O)N(CC(=O)NC1CCCCC1)c1ccccc1C(F)(F)F. The minimum atomic E-state index is -4.72. The van der Waals surface area contributed by atoms with Crippen molar-refractivity contribution in [3.8, 4) is 0 Å². The molecule has 1 amide bonds. The first-order valence-electron chi connectivity index (χ1n) is 8.02. The summed E-state index contributed by atoms with van der Waals surface area (Å²) in [5.74, 6) is -0.602. The van der Waals surface area contributed by atoms with Crippen molar-refractivity contribution in [3.05, 3.63) is 29.8 Å². The van der Waals surface area contributed by atoms with Crippen LogP contribution in [-0.4, -0.2) is 33.2 Å². The highest BCUT2D eigenvalue weighted by Crippen LogP contribution is 2.37. The lowest BCUT2D eigenvalue weighted by Crippen LogP contribution is -2.45. The first-order chi connectivity index (χ1) is 11.6. The third-order valence-electron chi connectivity index (χ3n) is 4.14. The van der Waals surface area contributed by atoms with Gasteiger partial charge < -0.3 is 5.32 Å². The molecule has 1 N–H and O–H groups in total. The van der Waals surface area contributed by atoms with Crippen LogP contribution in [0.1, 0.15) is 37.7 Å². The first kappa shape index (κ1) is 19.6. The molecule has 0 aromatic heterocycles. The normalized spacial score (nSPS) is 16.5. The van der Waals surface area contributed by atoms with Gasteiger partial charge in [-0.25, -0.2) is 8.42 Å². The molecule has 140 valence electrons. The second-order valence-electron chi connectivity index (χ2n) is 6.19. The van der Waals surface area contributed by atoms with Gasteiger partial charge in [0.05, 0.1) is 17.5 Å². The predicted octanol–water partition coefficient (Wildman–Crippen LogP) is 2.92. The molecule has 0 heterocycles. The highest BCUT2D eigenvalue weighted by atomic mass is 32.2. The van der Waals surface area contributed by atoms with Crippen LogP contribution in [-0.2, 0) is 21.0 Å². The molecule has 1 aromatic rings. The number of carbonyl (C=O) groups excluding carboxylic acids is 1. The van der Waals surface area contributed by atoms with E-state index in [4.69, 9.17) is 0 Å². The molecule has 0 saturated heterocycles. The van der Waals surface area contributed by atoms with E-state index in [2.05, 4.69) is 5.32 Å². The maximum Gasteiger partial charge on any atom is 0.418 e. The number of sulfonamides is 1. The number of hydrogen-bond donors (Lipinski definition) is 1. The van der Waals surface area contributed by atoms with Crippen LogP contribution in [0.3, 0.4) is 0 Å². The zero-order valence-electron chi connectivity index (χ0n) is 13.8. The molecule has 1 saturated carbocycles. The quantitative estimate of drug-likeness (QED) is 0.857. The summed E-state index contributed by atoms with van der Waals surface area (Å²) in [5.41, 5.74) is -1.64. The van der Waals surface area contributed by atoms with Crippen LogP contribution in [0.5, 0.6) is 0 Å². The Balaban J connectivity index is 2.25. The fourth-order valence-corrected chi connectivity index (χ4v) is 3.83. The Morgan fingerprint density at radius 3 is 2.36 bits per heavy atom. The summed E-state index contributed by atoms with van der Waals surface area (Å²) in [4.78, 5) is 12.2. The van der Waals surface area contributed by atoms with Crippen LogP contribution >= 0.6 is 0 Å². The molecule has 0 atom stereocenters. The van der Waals surface area contributed by atoms with Crippen molar-refractivity contribution in [2.24, 2.45) is 0 Å². The van der Waals surface area contributed by atoms with Crippen molar-refractivity contribution in [2.75, 3.05) is 17.1 Å². The number of rotatable bonds is 5. The standard InChI is InChI=1S/C16H21F3N2O3S/c1-25(23,24)21(11-15(22)20-12-7-3-2-4-8-12)14-10-6-5-9-13(14)16(17,18)19/h5-6,9-10,12H,2-4,7-8,11H2,1H3,(H,20,22). The molecule has 1 aliphatic carbocycles. The zero-order chi connectivity index (χ0) is 18.7. The lowest BCUT2D eigenvalue weighted by atomic mass is 9.95. The van der Waals surface area contributed by atoms with Gasteiger partial charge in [-0.15, -0.1) is 0 Å². The fourth-order valence-electron chi connectivity index (χ4n) is 2.96. The average molecular weight is 378 g/mol. The predicted molar refractivity (Wildman–Crippen MR) is 88.6 cm³/mol. The average Bonchev–Trinajstić information content (AvgIpc) is 2.52. The molecule has 0 radical (unpaired) electrons. The molecule has 1 aliphatic rings. The molecule has 1 aromatic carbocycles. The van der Waals surface area contributed by atoms with Gasteiger partial charge >= 0.3 is 6.18 Å². The van der Waals surface area contributed by atoms with Crippen molar-refractivity contribution >= 4 is 21.6 Å². The Bertz CT molecular complexity index is 714. The fraction of sp³-hybridized carbons (Fsp3) is 0.562. The smallest absolute Gasteiger partial charge is 0.352 e. The third-order valence-corrected chi connectivity index (χ3v) is 5.26. The minimum Gasteiger partial charge on any atom is -0.352 e. The highest BCUT2D eigenvalue weighted by molar-refractivity contribution is 7.92. The van der Waals surface area contributed by atoms with E-state index in [0.29, 0.717) is 4.31 Å². The summed E-state index contributed by atoms with van der Waals surface area (Å²) >= 11 is 0. The molecule has 9 heteroatoms. The largest absolute Gasteiger partial charge is 0.418 e. The summed E-state index contributed by atoms with van der Waals surface area (Å²) in [6.07, 6.45) is 0.678. The number of anilines is 1. The van der Waals surface area contributed by atoms with E-state index >= 15 is 0 Å². The number of nitrogens with one attached hydrogen (secondary N) is 1. The number of carbonyl (C=O) groups is 1. The van der Waals surface area contributed by atoms with Gasteiger partial charge in [0, 0.05) is 6.04 Å². The first-order valence-corrected chi connectivity index (χ1v) is 9.87. The Kier molecular flexibility index (Phi) is 5.97. The Morgan fingerprint density at radius 1 is 1.20 bits per heavy atom. The molecule has 0 aliphatic heterocycles. The van der Waals surface area contributed by atoms with Crippen molar-refractivity contribution in [3.63, 3.8) is 0 Å². The van der Waals surface area contributed by atoms with Gasteiger partial charge in [0.2, 0.25) is 15.9 Å². The van der Waals surface area contributed by atoms with Gasteiger partial charge in [-0.2, -0.15) is 13.2 Å². The van der Waals surface area contributed by atoms with E-state index in [1.165, 1.54) is 12.1 Å². The Labute approximate surface area is 145 Å². The lowest BCUT2D eigenvalue weighted by Gasteiger charge is -2.27. The molecule has 25 heavy (non-hydrogen) atoms.